The van der Waals surface area contributed by atoms with Gasteiger partial charge in [0.2, 0.25) is 0 Å². The van der Waals surface area contributed by atoms with Crippen molar-refractivity contribution < 1.29 is 0 Å². The Morgan fingerprint density at radius 2 is 2.31 bits per heavy atom. The maximum absolute atomic E-state index is 3.61. The van der Waals surface area contributed by atoms with Gasteiger partial charge in [-0.1, -0.05) is 28.1 Å². The van der Waals surface area contributed by atoms with E-state index in [1.165, 1.54) is 35.1 Å². The van der Waals surface area contributed by atoms with Crippen molar-refractivity contribution in [2.45, 2.75) is 25.9 Å². The molecule has 1 heterocycles. The monoisotopic (exact) mass is 282 g/mol. The molecule has 1 aliphatic heterocycles. The van der Waals surface area contributed by atoms with Gasteiger partial charge in [-0.05, 0) is 44.1 Å². The van der Waals surface area contributed by atoms with Gasteiger partial charge in [0.05, 0.1) is 0 Å². The summed E-state index contributed by atoms with van der Waals surface area (Å²) in [4.78, 5) is 2.38. The maximum atomic E-state index is 3.61. The Morgan fingerprint density at radius 3 is 2.94 bits per heavy atom. The molecule has 2 rings (SSSR count). The topological polar surface area (TPSA) is 15.3 Å². The summed E-state index contributed by atoms with van der Waals surface area (Å²) in [6.45, 7) is 5.48. The number of nitrogens with zero attached hydrogens (tertiary/aromatic N) is 1. The first-order valence-electron chi connectivity index (χ1n) is 5.82. The highest BCUT2D eigenvalue weighted by molar-refractivity contribution is 9.10. The zero-order chi connectivity index (χ0) is 11.5. The van der Waals surface area contributed by atoms with E-state index < -0.39 is 0 Å². The van der Waals surface area contributed by atoms with E-state index in [9.17, 15) is 0 Å². The molecule has 88 valence electrons. The van der Waals surface area contributed by atoms with Crippen LogP contribution in [0.2, 0.25) is 0 Å². The van der Waals surface area contributed by atoms with Crippen LogP contribution in [0.5, 0.6) is 0 Å². The Hall–Kier alpha value is -0.380. The van der Waals surface area contributed by atoms with Crippen LogP contribution in [0.3, 0.4) is 0 Å². The lowest BCUT2D eigenvalue weighted by Crippen LogP contribution is -2.30. The van der Waals surface area contributed by atoms with Crippen LogP contribution in [0.15, 0.2) is 22.7 Å². The standard InChI is InChI=1S/C13H19BrN2/c1-10-3-4-11(7-13(10)14)8-15-12-5-6-16(2)9-12/h3-4,7,12,15H,5-6,8-9H2,1-2H3. The molecule has 1 fully saturated rings. The van der Waals surface area contributed by atoms with Gasteiger partial charge < -0.3 is 10.2 Å². The number of likely N-dealkylation sites (tertiary alicyclic amines) is 1. The van der Waals surface area contributed by atoms with Crippen LogP contribution < -0.4 is 5.32 Å². The second kappa shape index (κ2) is 5.30. The summed E-state index contributed by atoms with van der Waals surface area (Å²) in [7, 11) is 2.18. The Morgan fingerprint density at radius 1 is 1.50 bits per heavy atom. The van der Waals surface area contributed by atoms with Crippen LogP contribution in [0, 0.1) is 6.92 Å². The number of benzene rings is 1. The fourth-order valence-corrected chi connectivity index (χ4v) is 2.54. The summed E-state index contributed by atoms with van der Waals surface area (Å²) in [6, 6.07) is 7.24. The van der Waals surface area contributed by atoms with Crippen molar-refractivity contribution in [2.24, 2.45) is 0 Å². The zero-order valence-corrected chi connectivity index (χ0v) is 11.5. The van der Waals surface area contributed by atoms with E-state index in [-0.39, 0.29) is 0 Å². The van der Waals surface area contributed by atoms with E-state index in [0.29, 0.717) is 6.04 Å². The quantitative estimate of drug-likeness (QED) is 0.917. The van der Waals surface area contributed by atoms with Crippen LogP contribution in [0.25, 0.3) is 0 Å². The van der Waals surface area contributed by atoms with Crippen molar-refractivity contribution in [1.82, 2.24) is 10.2 Å². The van der Waals surface area contributed by atoms with Gasteiger partial charge in [-0.3, -0.25) is 0 Å². The van der Waals surface area contributed by atoms with Gasteiger partial charge in [0.1, 0.15) is 0 Å². The van der Waals surface area contributed by atoms with Crippen LogP contribution >= 0.6 is 15.9 Å². The lowest BCUT2D eigenvalue weighted by Gasteiger charge is -2.13. The predicted octanol–water partition coefficient (Wildman–Crippen LogP) is 2.55. The van der Waals surface area contributed by atoms with E-state index in [1.807, 2.05) is 0 Å². The molecule has 0 amide bonds. The molecule has 0 spiro atoms. The molecule has 1 unspecified atom stereocenters. The van der Waals surface area contributed by atoms with Gasteiger partial charge in [0.25, 0.3) is 0 Å². The fourth-order valence-electron chi connectivity index (χ4n) is 2.11. The zero-order valence-electron chi connectivity index (χ0n) is 9.96. The second-order valence-corrected chi connectivity index (χ2v) is 5.57. The third kappa shape index (κ3) is 3.06. The highest BCUT2D eigenvalue weighted by Gasteiger charge is 2.18. The minimum atomic E-state index is 0.657. The minimum Gasteiger partial charge on any atom is -0.309 e. The highest BCUT2D eigenvalue weighted by Crippen LogP contribution is 2.17. The molecule has 3 heteroatoms. The molecule has 1 aromatic carbocycles. The number of halogens is 1. The molecule has 0 radical (unpaired) electrons. The molecule has 1 aliphatic rings. The molecule has 0 aliphatic carbocycles. The summed E-state index contributed by atoms with van der Waals surface area (Å²) < 4.78 is 1.20. The lowest BCUT2D eigenvalue weighted by molar-refractivity contribution is 0.397. The van der Waals surface area contributed by atoms with Crippen LogP contribution in [0.4, 0.5) is 0 Å². The van der Waals surface area contributed by atoms with Crippen molar-refractivity contribution in [3.63, 3.8) is 0 Å². The van der Waals surface area contributed by atoms with Crippen LogP contribution in [-0.2, 0) is 6.54 Å². The molecule has 0 saturated carbocycles. The summed E-state index contributed by atoms with van der Waals surface area (Å²) in [5, 5.41) is 3.61. The first-order valence-corrected chi connectivity index (χ1v) is 6.61. The SMILES string of the molecule is Cc1ccc(CNC2CCN(C)C2)cc1Br. The third-order valence-corrected chi connectivity index (χ3v) is 4.08. The number of likely N-dealkylation sites (N-methyl/N-ethyl adjacent to an activating group) is 1. The van der Waals surface area contributed by atoms with E-state index in [1.54, 1.807) is 0 Å². The summed E-state index contributed by atoms with van der Waals surface area (Å²) in [5.41, 5.74) is 2.65. The number of hydrogen-bond acceptors (Lipinski definition) is 2. The van der Waals surface area contributed by atoms with Crippen molar-refractivity contribution in [3.05, 3.63) is 33.8 Å². The number of rotatable bonds is 3. The molecular weight excluding hydrogens is 264 g/mol. The Kier molecular flexibility index (Phi) is 4.00. The first kappa shape index (κ1) is 12.1. The highest BCUT2D eigenvalue weighted by atomic mass is 79.9. The van der Waals surface area contributed by atoms with Crippen molar-refractivity contribution in [1.29, 1.82) is 0 Å². The average Bonchev–Trinajstić information content (AvgIpc) is 2.66. The van der Waals surface area contributed by atoms with Gasteiger partial charge in [-0.25, -0.2) is 0 Å². The van der Waals surface area contributed by atoms with E-state index in [2.05, 4.69) is 58.3 Å². The molecule has 0 aromatic heterocycles. The molecule has 1 aromatic rings. The molecule has 1 atom stereocenters. The van der Waals surface area contributed by atoms with Gasteiger partial charge in [0, 0.05) is 23.6 Å². The predicted molar refractivity (Wildman–Crippen MR) is 71.6 cm³/mol. The Labute approximate surface area is 106 Å². The Bertz CT molecular complexity index is 365. The number of nitrogens with one attached hydrogen (secondary N) is 1. The van der Waals surface area contributed by atoms with Gasteiger partial charge in [-0.2, -0.15) is 0 Å². The van der Waals surface area contributed by atoms with E-state index >= 15 is 0 Å². The van der Waals surface area contributed by atoms with Crippen molar-refractivity contribution in [3.8, 4) is 0 Å². The molecule has 16 heavy (non-hydrogen) atoms. The van der Waals surface area contributed by atoms with Gasteiger partial charge in [0.15, 0.2) is 0 Å². The molecular formula is C13H19BrN2. The first-order chi connectivity index (χ1) is 7.65. The summed E-state index contributed by atoms with van der Waals surface area (Å²) in [5.74, 6) is 0. The number of hydrogen-bond donors (Lipinski definition) is 1. The molecule has 1 saturated heterocycles. The smallest absolute Gasteiger partial charge is 0.0210 e. The number of aryl methyl sites for hydroxylation is 1. The maximum Gasteiger partial charge on any atom is 0.0210 e. The summed E-state index contributed by atoms with van der Waals surface area (Å²) in [6.07, 6.45) is 1.27. The van der Waals surface area contributed by atoms with E-state index in [4.69, 9.17) is 0 Å². The fraction of sp³-hybridized carbons (Fsp3) is 0.538. The van der Waals surface area contributed by atoms with Gasteiger partial charge in [-0.15, -0.1) is 0 Å². The van der Waals surface area contributed by atoms with Crippen molar-refractivity contribution in [2.75, 3.05) is 20.1 Å². The average molecular weight is 283 g/mol. The van der Waals surface area contributed by atoms with Crippen LogP contribution in [0.1, 0.15) is 17.5 Å². The normalized spacial score (nSPS) is 21.6. The molecule has 2 nitrogen and oxygen atoms in total. The largest absolute Gasteiger partial charge is 0.309 e. The Balaban J connectivity index is 1.87. The second-order valence-electron chi connectivity index (χ2n) is 4.71. The van der Waals surface area contributed by atoms with Crippen LogP contribution in [-0.4, -0.2) is 31.1 Å². The summed E-state index contributed by atoms with van der Waals surface area (Å²) >= 11 is 3.57. The molecule has 1 N–H and O–H groups in total. The van der Waals surface area contributed by atoms with E-state index in [0.717, 1.165) is 6.54 Å². The van der Waals surface area contributed by atoms with Gasteiger partial charge >= 0.3 is 0 Å². The lowest BCUT2D eigenvalue weighted by atomic mass is 10.1. The van der Waals surface area contributed by atoms with Crippen molar-refractivity contribution >= 4 is 15.9 Å². The third-order valence-electron chi connectivity index (χ3n) is 3.22. The molecule has 0 bridgehead atoms. The minimum absolute atomic E-state index is 0.657.